The van der Waals surface area contributed by atoms with Crippen LogP contribution in [0.5, 0.6) is 0 Å². The first-order valence-corrected chi connectivity index (χ1v) is 10.2. The van der Waals surface area contributed by atoms with E-state index in [1.54, 1.807) is 26.8 Å². The normalized spacial score (nSPS) is 12.5. The molecule has 160 valence electrons. The van der Waals surface area contributed by atoms with Gasteiger partial charge >= 0.3 is 11.9 Å². The lowest BCUT2D eigenvalue weighted by Gasteiger charge is -2.18. The van der Waals surface area contributed by atoms with Crippen molar-refractivity contribution in [3.63, 3.8) is 0 Å². The average molecular weight is 410 g/mol. The van der Waals surface area contributed by atoms with Crippen LogP contribution in [0.2, 0.25) is 0 Å². The molecule has 2 aromatic rings. The molecule has 2 rings (SSSR count). The van der Waals surface area contributed by atoms with E-state index >= 15 is 0 Å². The summed E-state index contributed by atoms with van der Waals surface area (Å²) < 4.78 is 10.8. The highest BCUT2D eigenvalue weighted by Gasteiger charge is 2.20. The van der Waals surface area contributed by atoms with E-state index in [-0.39, 0.29) is 12.6 Å². The molecule has 30 heavy (non-hydrogen) atoms. The van der Waals surface area contributed by atoms with Crippen LogP contribution in [0.15, 0.2) is 66.7 Å². The van der Waals surface area contributed by atoms with Gasteiger partial charge in [0.05, 0.1) is 5.92 Å². The van der Waals surface area contributed by atoms with Gasteiger partial charge in [-0.1, -0.05) is 60.7 Å². The van der Waals surface area contributed by atoms with Crippen molar-refractivity contribution in [2.24, 2.45) is 11.7 Å². The lowest BCUT2D eigenvalue weighted by Crippen LogP contribution is -2.23. The third-order valence-electron chi connectivity index (χ3n) is 4.28. The Morgan fingerprint density at radius 3 is 2.33 bits per heavy atom. The summed E-state index contributed by atoms with van der Waals surface area (Å²) in [7, 11) is 0. The summed E-state index contributed by atoms with van der Waals surface area (Å²) in [5.74, 6) is -1.47. The van der Waals surface area contributed by atoms with Gasteiger partial charge in [0.15, 0.2) is 0 Å². The fourth-order valence-corrected chi connectivity index (χ4v) is 2.93. The second kappa shape index (κ2) is 11.3. The van der Waals surface area contributed by atoms with Crippen LogP contribution in [-0.2, 0) is 38.5 Å². The van der Waals surface area contributed by atoms with Crippen LogP contribution in [-0.4, -0.2) is 24.1 Å². The fraction of sp³-hybridized carbons (Fsp3) is 0.360. The summed E-state index contributed by atoms with van der Waals surface area (Å²) in [5, 5.41) is 0. The molecule has 0 spiro atoms. The third-order valence-corrected chi connectivity index (χ3v) is 4.28. The predicted molar refractivity (Wildman–Crippen MR) is 118 cm³/mol. The molecule has 0 aromatic heterocycles. The molecule has 0 radical (unpaired) electrons. The molecule has 5 nitrogen and oxygen atoms in total. The second-order valence-corrected chi connectivity index (χ2v) is 8.16. The number of benzene rings is 2. The third kappa shape index (κ3) is 8.62. The first kappa shape index (κ1) is 23.4. The minimum atomic E-state index is -0.602. The molecular formula is C25H31NO4. The van der Waals surface area contributed by atoms with E-state index in [4.69, 9.17) is 15.2 Å². The Morgan fingerprint density at radius 2 is 1.67 bits per heavy atom. The number of rotatable bonds is 9. The molecule has 2 N–H and O–H groups in total. The van der Waals surface area contributed by atoms with Crippen LogP contribution in [0, 0.1) is 5.92 Å². The standard InChI is InChI=1S/C25H31NO4/c1-25(2,3)30-23(27)13-12-22(17-21-11-7-10-19(16-21)14-15-26)24(28)29-18-20-8-5-4-6-9-20/h4-13,16,22H,14-15,17-18,26H2,1-3H3/b13-12+. The quantitative estimate of drug-likeness (QED) is 0.500. The van der Waals surface area contributed by atoms with Gasteiger partial charge in [-0.25, -0.2) is 4.79 Å². The molecule has 1 atom stereocenters. The maximum Gasteiger partial charge on any atom is 0.330 e. The van der Waals surface area contributed by atoms with E-state index in [1.165, 1.54) is 6.08 Å². The molecule has 0 heterocycles. The molecule has 0 bridgehead atoms. The summed E-state index contributed by atoms with van der Waals surface area (Å²) in [6.45, 7) is 6.14. The lowest BCUT2D eigenvalue weighted by atomic mass is 9.96. The number of nitrogens with two attached hydrogens (primary N) is 1. The molecule has 0 fully saturated rings. The monoisotopic (exact) mass is 409 g/mol. The van der Waals surface area contributed by atoms with Gasteiger partial charge in [0.25, 0.3) is 0 Å². The summed E-state index contributed by atoms with van der Waals surface area (Å²) in [6.07, 6.45) is 4.07. The molecule has 0 saturated carbocycles. The fourth-order valence-electron chi connectivity index (χ4n) is 2.93. The molecular weight excluding hydrogens is 378 g/mol. The van der Waals surface area contributed by atoms with Crippen molar-refractivity contribution in [2.75, 3.05) is 6.54 Å². The number of esters is 2. The van der Waals surface area contributed by atoms with Gasteiger partial charge in [-0.15, -0.1) is 0 Å². The largest absolute Gasteiger partial charge is 0.460 e. The van der Waals surface area contributed by atoms with E-state index in [9.17, 15) is 9.59 Å². The van der Waals surface area contributed by atoms with Gasteiger partial charge in [-0.2, -0.15) is 0 Å². The van der Waals surface area contributed by atoms with Gasteiger partial charge in [0.1, 0.15) is 12.2 Å². The van der Waals surface area contributed by atoms with Gasteiger partial charge in [-0.3, -0.25) is 4.79 Å². The Hall–Kier alpha value is -2.92. The van der Waals surface area contributed by atoms with Gasteiger partial charge in [0, 0.05) is 6.08 Å². The lowest BCUT2D eigenvalue weighted by molar-refractivity contribution is -0.148. The number of carbonyl (C=O) groups is 2. The Morgan fingerprint density at radius 1 is 1.00 bits per heavy atom. The molecule has 2 aromatic carbocycles. The van der Waals surface area contributed by atoms with E-state index < -0.39 is 17.5 Å². The predicted octanol–water partition coefficient (Wildman–Crippen LogP) is 3.99. The minimum Gasteiger partial charge on any atom is -0.460 e. The minimum absolute atomic E-state index is 0.184. The van der Waals surface area contributed by atoms with Crippen molar-refractivity contribution in [1.29, 1.82) is 0 Å². The summed E-state index contributed by atoms with van der Waals surface area (Å²) in [5.41, 5.74) is 8.06. The number of hydrogen-bond acceptors (Lipinski definition) is 5. The number of carbonyl (C=O) groups excluding carboxylic acids is 2. The number of hydrogen-bond donors (Lipinski definition) is 1. The molecule has 0 amide bonds. The summed E-state index contributed by atoms with van der Waals surface area (Å²) >= 11 is 0. The molecule has 0 aliphatic heterocycles. The van der Waals surface area contributed by atoms with Crippen LogP contribution < -0.4 is 5.73 Å². The zero-order chi connectivity index (χ0) is 22.0. The van der Waals surface area contributed by atoms with Crippen LogP contribution in [0.3, 0.4) is 0 Å². The summed E-state index contributed by atoms with van der Waals surface area (Å²) in [6, 6.07) is 17.4. The van der Waals surface area contributed by atoms with Crippen LogP contribution in [0.1, 0.15) is 37.5 Å². The molecule has 0 aliphatic rings. The highest BCUT2D eigenvalue weighted by Crippen LogP contribution is 2.16. The SMILES string of the molecule is CC(C)(C)OC(=O)/C=C/C(Cc1cccc(CCN)c1)C(=O)OCc1ccccc1. The van der Waals surface area contributed by atoms with Crippen LogP contribution >= 0.6 is 0 Å². The maximum atomic E-state index is 12.8. The zero-order valence-electron chi connectivity index (χ0n) is 18.0. The molecule has 5 heteroatoms. The van der Waals surface area contributed by atoms with Crippen molar-refractivity contribution < 1.29 is 19.1 Å². The highest BCUT2D eigenvalue weighted by molar-refractivity contribution is 5.84. The van der Waals surface area contributed by atoms with Crippen molar-refractivity contribution in [1.82, 2.24) is 0 Å². The molecule has 0 saturated heterocycles. The van der Waals surface area contributed by atoms with Gasteiger partial charge < -0.3 is 15.2 Å². The van der Waals surface area contributed by atoms with E-state index in [0.717, 1.165) is 23.1 Å². The number of ether oxygens (including phenoxy) is 2. The Bertz CT molecular complexity index is 853. The van der Waals surface area contributed by atoms with E-state index in [0.29, 0.717) is 13.0 Å². The van der Waals surface area contributed by atoms with Crippen molar-refractivity contribution in [3.8, 4) is 0 Å². The van der Waals surface area contributed by atoms with Crippen molar-refractivity contribution in [3.05, 3.63) is 83.4 Å². The highest BCUT2D eigenvalue weighted by atomic mass is 16.6. The van der Waals surface area contributed by atoms with Crippen molar-refractivity contribution >= 4 is 11.9 Å². The van der Waals surface area contributed by atoms with Gasteiger partial charge in [0.2, 0.25) is 0 Å². The summed E-state index contributed by atoms with van der Waals surface area (Å²) in [4.78, 5) is 24.9. The molecule has 0 aliphatic carbocycles. The second-order valence-electron chi connectivity index (χ2n) is 8.16. The van der Waals surface area contributed by atoms with Crippen LogP contribution in [0.25, 0.3) is 0 Å². The average Bonchev–Trinajstić information content (AvgIpc) is 2.69. The Labute approximate surface area is 178 Å². The molecule has 1 unspecified atom stereocenters. The maximum absolute atomic E-state index is 12.8. The smallest absolute Gasteiger partial charge is 0.330 e. The Kier molecular flexibility index (Phi) is 8.81. The van der Waals surface area contributed by atoms with Crippen molar-refractivity contribution in [2.45, 2.75) is 45.8 Å². The van der Waals surface area contributed by atoms with E-state index in [2.05, 4.69) is 0 Å². The van der Waals surface area contributed by atoms with Crippen LogP contribution in [0.4, 0.5) is 0 Å². The first-order valence-electron chi connectivity index (χ1n) is 10.2. The van der Waals surface area contributed by atoms with E-state index in [1.807, 2.05) is 54.6 Å². The van der Waals surface area contributed by atoms with Gasteiger partial charge in [-0.05, 0) is 56.8 Å². The first-order chi connectivity index (χ1) is 14.3. The topological polar surface area (TPSA) is 78.6 Å². The Balaban J connectivity index is 2.13. The zero-order valence-corrected chi connectivity index (χ0v) is 18.0.